The van der Waals surface area contributed by atoms with Crippen LogP contribution >= 0.6 is 0 Å². The van der Waals surface area contributed by atoms with Gasteiger partial charge in [-0.2, -0.15) is 0 Å². The minimum Gasteiger partial charge on any atom is -0.444 e. The fourth-order valence-corrected chi connectivity index (χ4v) is 4.23. The van der Waals surface area contributed by atoms with Crippen molar-refractivity contribution in [3.8, 4) is 0 Å². The van der Waals surface area contributed by atoms with Crippen molar-refractivity contribution in [1.82, 2.24) is 14.6 Å². The number of hydrogen-bond donors (Lipinski definition) is 1. The van der Waals surface area contributed by atoms with E-state index in [9.17, 15) is 17.6 Å². The normalized spacial score (nSPS) is 17.0. The van der Waals surface area contributed by atoms with Crippen LogP contribution in [0.2, 0.25) is 0 Å². The molecule has 1 amide bonds. The molecular weight excluding hydrogens is 397 g/mol. The zero-order valence-corrected chi connectivity index (χ0v) is 17.4. The molecule has 29 heavy (non-hydrogen) atoms. The lowest BCUT2D eigenvalue weighted by Gasteiger charge is -2.38. The number of sulfonamides is 1. The highest BCUT2D eigenvalue weighted by Crippen LogP contribution is 2.31. The Hall–Kier alpha value is -2.52. The lowest BCUT2D eigenvalue weighted by Crippen LogP contribution is -2.47. The van der Waals surface area contributed by atoms with Gasteiger partial charge in [0.25, 0.3) is 0 Å². The molecule has 0 saturated heterocycles. The molecular formula is C20H24FN3O4S. The Labute approximate surface area is 169 Å². The van der Waals surface area contributed by atoms with Crippen LogP contribution in [0.1, 0.15) is 37.9 Å². The molecule has 1 unspecified atom stereocenters. The standard InChI is InChI=1S/C20H24FN3O4S/c1-20(2,3)28-19(25)24-9-8-14-6-4-5-7-17(14)18(24)13-23-29(26,27)16-10-15(21)11-22-12-16/h4-7,10-12,18,23H,8-9,13H2,1-3H3. The van der Waals surface area contributed by atoms with Crippen LogP contribution in [-0.2, 0) is 21.2 Å². The molecule has 7 nitrogen and oxygen atoms in total. The monoisotopic (exact) mass is 421 g/mol. The molecule has 156 valence electrons. The van der Waals surface area contributed by atoms with Crippen LogP contribution in [-0.4, -0.2) is 43.1 Å². The van der Waals surface area contributed by atoms with Crippen molar-refractivity contribution in [2.24, 2.45) is 0 Å². The summed E-state index contributed by atoms with van der Waals surface area (Å²) in [7, 11) is -4.00. The van der Waals surface area contributed by atoms with E-state index < -0.39 is 33.6 Å². The molecule has 1 aromatic carbocycles. The van der Waals surface area contributed by atoms with Crippen LogP contribution in [0.5, 0.6) is 0 Å². The van der Waals surface area contributed by atoms with Crippen molar-refractivity contribution >= 4 is 16.1 Å². The number of carbonyl (C=O) groups is 1. The molecule has 0 aliphatic carbocycles. The summed E-state index contributed by atoms with van der Waals surface area (Å²) in [5, 5.41) is 0. The van der Waals surface area contributed by atoms with Crippen molar-refractivity contribution < 1.29 is 22.3 Å². The third kappa shape index (κ3) is 5.10. The van der Waals surface area contributed by atoms with Crippen LogP contribution in [0.4, 0.5) is 9.18 Å². The first-order valence-electron chi connectivity index (χ1n) is 9.24. The lowest BCUT2D eigenvalue weighted by molar-refractivity contribution is 0.0146. The quantitative estimate of drug-likeness (QED) is 0.820. The molecule has 2 heterocycles. The van der Waals surface area contributed by atoms with E-state index >= 15 is 0 Å². The number of amides is 1. The van der Waals surface area contributed by atoms with Gasteiger partial charge in [0, 0.05) is 19.3 Å². The Bertz CT molecular complexity index is 1000. The SMILES string of the molecule is CC(C)(C)OC(=O)N1CCc2ccccc2C1CNS(=O)(=O)c1cncc(F)c1. The predicted octanol–water partition coefficient (Wildman–Crippen LogP) is 3.03. The second-order valence-electron chi connectivity index (χ2n) is 7.83. The summed E-state index contributed by atoms with van der Waals surface area (Å²) in [6.45, 7) is 5.65. The molecule has 1 N–H and O–H groups in total. The molecule has 1 atom stereocenters. The Kier molecular flexibility index (Phi) is 5.90. The molecule has 9 heteroatoms. The predicted molar refractivity (Wildman–Crippen MR) is 105 cm³/mol. The number of aromatic nitrogens is 1. The zero-order valence-electron chi connectivity index (χ0n) is 16.6. The van der Waals surface area contributed by atoms with E-state index in [0.29, 0.717) is 13.0 Å². The molecule has 0 fully saturated rings. The highest BCUT2D eigenvalue weighted by molar-refractivity contribution is 7.89. The third-order valence-electron chi connectivity index (χ3n) is 4.50. The molecule has 1 aromatic heterocycles. The maximum atomic E-state index is 13.4. The van der Waals surface area contributed by atoms with E-state index in [4.69, 9.17) is 4.74 Å². The van der Waals surface area contributed by atoms with Gasteiger partial charge in [0.1, 0.15) is 16.3 Å². The van der Waals surface area contributed by atoms with Gasteiger partial charge in [0.15, 0.2) is 0 Å². The van der Waals surface area contributed by atoms with Crippen LogP contribution in [0.15, 0.2) is 47.6 Å². The number of fused-ring (bicyclic) bond motifs is 1. The van der Waals surface area contributed by atoms with Gasteiger partial charge in [0.05, 0.1) is 12.2 Å². The van der Waals surface area contributed by atoms with Crippen LogP contribution in [0.25, 0.3) is 0 Å². The van der Waals surface area contributed by atoms with Gasteiger partial charge in [-0.25, -0.2) is 22.3 Å². The summed E-state index contributed by atoms with van der Waals surface area (Å²) in [6, 6.07) is 7.92. The van der Waals surface area contributed by atoms with Crippen molar-refractivity contribution in [3.05, 3.63) is 59.7 Å². The highest BCUT2D eigenvalue weighted by Gasteiger charge is 2.34. The van der Waals surface area contributed by atoms with Crippen molar-refractivity contribution in [2.45, 2.75) is 43.7 Å². The topological polar surface area (TPSA) is 88.6 Å². The van der Waals surface area contributed by atoms with E-state index in [1.165, 1.54) is 4.90 Å². The number of ether oxygens (including phenoxy) is 1. The Morgan fingerprint density at radius 1 is 1.31 bits per heavy atom. The van der Waals surface area contributed by atoms with Crippen molar-refractivity contribution in [1.29, 1.82) is 0 Å². The number of pyridine rings is 1. The molecule has 0 bridgehead atoms. The van der Waals surface area contributed by atoms with Gasteiger partial charge in [-0.15, -0.1) is 0 Å². The van der Waals surface area contributed by atoms with Gasteiger partial charge >= 0.3 is 6.09 Å². The molecule has 2 aromatic rings. The first-order valence-corrected chi connectivity index (χ1v) is 10.7. The molecule has 1 aliphatic heterocycles. The number of hydrogen-bond acceptors (Lipinski definition) is 5. The molecule has 0 spiro atoms. The van der Waals surface area contributed by atoms with Crippen molar-refractivity contribution in [3.63, 3.8) is 0 Å². The summed E-state index contributed by atoms with van der Waals surface area (Å²) in [6.07, 6.45) is 2.14. The number of halogens is 1. The first-order chi connectivity index (χ1) is 13.6. The summed E-state index contributed by atoms with van der Waals surface area (Å²) in [5.74, 6) is -0.744. The highest BCUT2D eigenvalue weighted by atomic mass is 32.2. The van der Waals surface area contributed by atoms with Gasteiger partial charge < -0.3 is 4.74 Å². The number of nitrogens with one attached hydrogen (secondary N) is 1. The molecule has 0 saturated carbocycles. The fraction of sp³-hybridized carbons (Fsp3) is 0.400. The smallest absolute Gasteiger partial charge is 0.410 e. The van der Waals surface area contributed by atoms with E-state index in [1.54, 1.807) is 20.8 Å². The average molecular weight is 421 g/mol. The fourth-order valence-electron chi connectivity index (χ4n) is 3.22. The zero-order chi connectivity index (χ0) is 21.2. The van der Waals surface area contributed by atoms with E-state index in [-0.39, 0.29) is 11.4 Å². The number of carbonyl (C=O) groups excluding carboxylic acids is 1. The Morgan fingerprint density at radius 3 is 2.72 bits per heavy atom. The molecule has 3 rings (SSSR count). The second kappa shape index (κ2) is 8.08. The third-order valence-corrected chi connectivity index (χ3v) is 5.89. The van der Waals surface area contributed by atoms with Crippen LogP contribution in [0, 0.1) is 5.82 Å². The van der Waals surface area contributed by atoms with Crippen molar-refractivity contribution in [2.75, 3.05) is 13.1 Å². The molecule has 0 radical (unpaired) electrons. The number of nitrogens with zero attached hydrogens (tertiary/aromatic N) is 2. The van der Waals surface area contributed by atoms with Crippen LogP contribution < -0.4 is 4.72 Å². The number of rotatable bonds is 4. The molecule has 1 aliphatic rings. The van der Waals surface area contributed by atoms with Crippen LogP contribution in [0.3, 0.4) is 0 Å². The van der Waals surface area contributed by atoms with E-state index in [2.05, 4.69) is 9.71 Å². The van der Waals surface area contributed by atoms with E-state index in [1.807, 2.05) is 24.3 Å². The minimum absolute atomic E-state index is 0.0743. The van der Waals surface area contributed by atoms with Gasteiger partial charge in [0.2, 0.25) is 10.0 Å². The average Bonchev–Trinajstić information content (AvgIpc) is 2.64. The Morgan fingerprint density at radius 2 is 2.03 bits per heavy atom. The maximum absolute atomic E-state index is 13.4. The summed E-state index contributed by atoms with van der Waals surface area (Å²) >= 11 is 0. The van der Waals surface area contributed by atoms with Gasteiger partial charge in [-0.3, -0.25) is 9.88 Å². The second-order valence-corrected chi connectivity index (χ2v) is 9.60. The van der Waals surface area contributed by atoms with Gasteiger partial charge in [-0.1, -0.05) is 24.3 Å². The largest absolute Gasteiger partial charge is 0.444 e. The minimum atomic E-state index is -4.00. The summed E-state index contributed by atoms with van der Waals surface area (Å²) < 4.78 is 46.6. The maximum Gasteiger partial charge on any atom is 0.410 e. The summed E-state index contributed by atoms with van der Waals surface area (Å²) in [5.41, 5.74) is 1.22. The Balaban J connectivity index is 1.87. The van der Waals surface area contributed by atoms with E-state index in [0.717, 1.165) is 29.6 Å². The summed E-state index contributed by atoms with van der Waals surface area (Å²) in [4.78, 5) is 17.6. The number of benzene rings is 1. The lowest BCUT2D eigenvalue weighted by atomic mass is 9.93. The van der Waals surface area contributed by atoms with Gasteiger partial charge in [-0.05, 0) is 44.4 Å². The first kappa shape index (κ1) is 21.2.